The van der Waals surface area contributed by atoms with Crippen LogP contribution in [0.25, 0.3) is 32.6 Å². The van der Waals surface area contributed by atoms with Gasteiger partial charge < -0.3 is 0 Å². The van der Waals surface area contributed by atoms with Crippen LogP contribution in [0.4, 0.5) is 0 Å². The summed E-state index contributed by atoms with van der Waals surface area (Å²) >= 11 is 0. The van der Waals surface area contributed by atoms with Gasteiger partial charge in [-0.05, 0) is 36.1 Å². The molecule has 0 aliphatic heterocycles. The summed E-state index contributed by atoms with van der Waals surface area (Å²) in [4.78, 5) is 4.78. The van der Waals surface area contributed by atoms with Crippen LogP contribution in [0, 0.1) is 0 Å². The fraction of sp³-hybridized carbons (Fsp3) is 0.273. The molecule has 0 bridgehead atoms. The van der Waals surface area contributed by atoms with E-state index in [2.05, 4.69) is 80.9 Å². The van der Waals surface area contributed by atoms with E-state index >= 15 is 0 Å². The Kier molecular flexibility index (Phi) is 3.49. The zero-order valence-electron chi connectivity index (χ0n) is 14.7. The average molecular weight is 315 g/mol. The molecule has 0 aliphatic carbocycles. The maximum absolute atomic E-state index is 4.78. The first kappa shape index (κ1) is 15.1. The fourth-order valence-electron chi connectivity index (χ4n) is 3.78. The van der Waals surface area contributed by atoms with Gasteiger partial charge in [-0.15, -0.1) is 0 Å². The van der Waals surface area contributed by atoms with Gasteiger partial charge in [0, 0.05) is 5.39 Å². The van der Waals surface area contributed by atoms with Gasteiger partial charge >= 0.3 is 0 Å². The average Bonchev–Trinajstić information content (AvgIpc) is 2.60. The van der Waals surface area contributed by atoms with Gasteiger partial charge in [-0.3, -0.25) is 0 Å². The summed E-state index contributed by atoms with van der Waals surface area (Å²) in [5, 5.41) is 5.20. The summed E-state index contributed by atoms with van der Waals surface area (Å²) in [5.74, 6) is 0.471. The molecular weight excluding hydrogens is 292 g/mol. The summed E-state index contributed by atoms with van der Waals surface area (Å²) in [5.41, 5.74) is 3.75. The van der Waals surface area contributed by atoms with E-state index in [4.69, 9.17) is 4.98 Å². The number of nitrogens with zero attached hydrogens (tertiary/aromatic N) is 2. The van der Waals surface area contributed by atoms with E-state index in [1.165, 1.54) is 32.6 Å². The van der Waals surface area contributed by atoms with Crippen LogP contribution in [0.3, 0.4) is 0 Å². The zero-order valence-corrected chi connectivity index (χ0v) is 14.7. The summed E-state index contributed by atoms with van der Waals surface area (Å²) in [6.45, 7) is 9.01. The Hall–Kier alpha value is -2.48. The van der Waals surface area contributed by atoms with E-state index in [1.807, 2.05) is 6.20 Å². The Morgan fingerprint density at radius 3 is 2.25 bits per heavy atom. The molecule has 0 unspecified atom stereocenters. The summed E-state index contributed by atoms with van der Waals surface area (Å²) < 4.78 is 2.36. The predicted octanol–water partition coefficient (Wildman–Crippen LogP) is 5.53. The van der Waals surface area contributed by atoms with Crippen molar-refractivity contribution in [1.82, 2.24) is 4.98 Å². The molecule has 4 aromatic rings. The SMILES string of the molecule is CC(C)c1cccc2c3ccccc3c3ncc[n+](C(C)C)c3c12. The minimum atomic E-state index is 0.389. The number of rotatable bonds is 2. The normalized spacial score (nSPS) is 12.1. The lowest BCUT2D eigenvalue weighted by atomic mass is 9.91. The highest BCUT2D eigenvalue weighted by Crippen LogP contribution is 2.36. The van der Waals surface area contributed by atoms with E-state index in [0.29, 0.717) is 12.0 Å². The lowest BCUT2D eigenvalue weighted by Gasteiger charge is -2.15. The quantitative estimate of drug-likeness (QED) is 0.351. The predicted molar refractivity (Wildman–Crippen MR) is 101 cm³/mol. The fourth-order valence-corrected chi connectivity index (χ4v) is 3.78. The monoisotopic (exact) mass is 315 g/mol. The molecule has 1 heterocycles. The first-order valence-electron chi connectivity index (χ1n) is 8.72. The maximum Gasteiger partial charge on any atom is 0.240 e. The summed E-state index contributed by atoms with van der Waals surface area (Å²) in [6.07, 6.45) is 4.04. The number of benzene rings is 3. The Labute approximate surface area is 142 Å². The van der Waals surface area contributed by atoms with Crippen molar-refractivity contribution in [3.63, 3.8) is 0 Å². The van der Waals surface area contributed by atoms with Crippen molar-refractivity contribution in [3.05, 3.63) is 60.4 Å². The van der Waals surface area contributed by atoms with Gasteiger partial charge in [0.1, 0.15) is 5.52 Å². The van der Waals surface area contributed by atoms with Crippen molar-refractivity contribution in [1.29, 1.82) is 0 Å². The molecular formula is C22H23N2+. The molecule has 0 saturated carbocycles. The number of aromatic nitrogens is 2. The molecule has 0 radical (unpaired) electrons. The van der Waals surface area contributed by atoms with Crippen LogP contribution in [-0.4, -0.2) is 4.98 Å². The minimum Gasteiger partial charge on any atom is -0.243 e. The van der Waals surface area contributed by atoms with Crippen LogP contribution in [0.15, 0.2) is 54.9 Å². The van der Waals surface area contributed by atoms with Crippen molar-refractivity contribution in [2.75, 3.05) is 0 Å². The highest BCUT2D eigenvalue weighted by Gasteiger charge is 2.22. The Morgan fingerprint density at radius 1 is 0.833 bits per heavy atom. The minimum absolute atomic E-state index is 0.389. The third-order valence-electron chi connectivity index (χ3n) is 4.90. The van der Waals surface area contributed by atoms with E-state index in [9.17, 15) is 0 Å². The largest absolute Gasteiger partial charge is 0.243 e. The summed E-state index contributed by atoms with van der Waals surface area (Å²) in [6, 6.07) is 15.7. The van der Waals surface area contributed by atoms with Gasteiger partial charge in [0.15, 0.2) is 12.2 Å². The Morgan fingerprint density at radius 2 is 1.54 bits per heavy atom. The molecule has 0 spiro atoms. The van der Waals surface area contributed by atoms with Crippen molar-refractivity contribution < 1.29 is 4.57 Å². The lowest BCUT2D eigenvalue weighted by Crippen LogP contribution is -2.37. The molecule has 1 aromatic heterocycles. The van der Waals surface area contributed by atoms with Crippen molar-refractivity contribution in [2.24, 2.45) is 0 Å². The van der Waals surface area contributed by atoms with Gasteiger partial charge in [0.05, 0.1) is 11.6 Å². The Balaban J connectivity index is 2.40. The maximum atomic E-state index is 4.78. The van der Waals surface area contributed by atoms with Crippen LogP contribution < -0.4 is 4.57 Å². The van der Waals surface area contributed by atoms with Crippen LogP contribution in [0.1, 0.15) is 45.2 Å². The molecule has 2 nitrogen and oxygen atoms in total. The van der Waals surface area contributed by atoms with Crippen LogP contribution in [-0.2, 0) is 0 Å². The van der Waals surface area contributed by atoms with E-state index < -0.39 is 0 Å². The van der Waals surface area contributed by atoms with Crippen molar-refractivity contribution in [3.8, 4) is 0 Å². The molecule has 3 aromatic carbocycles. The standard InChI is InChI=1S/C22H23N2/c1-14(2)16-10-7-11-18-17-8-5-6-9-19(17)21-22(20(16)18)24(15(3)4)13-12-23-21/h5-15H,1-4H3/q+1. The van der Waals surface area contributed by atoms with Gasteiger partial charge in [-0.1, -0.05) is 56.3 Å². The molecule has 4 rings (SSSR count). The van der Waals surface area contributed by atoms with Crippen molar-refractivity contribution >= 4 is 32.6 Å². The van der Waals surface area contributed by atoms with E-state index in [-0.39, 0.29) is 0 Å². The highest BCUT2D eigenvalue weighted by atomic mass is 15.0. The van der Waals surface area contributed by atoms with Gasteiger partial charge in [-0.25, -0.2) is 4.98 Å². The molecule has 0 fully saturated rings. The second-order valence-electron chi connectivity index (χ2n) is 7.10. The smallest absolute Gasteiger partial charge is 0.240 e. The topological polar surface area (TPSA) is 16.8 Å². The van der Waals surface area contributed by atoms with Gasteiger partial charge in [0.25, 0.3) is 0 Å². The molecule has 0 amide bonds. The van der Waals surface area contributed by atoms with E-state index in [0.717, 1.165) is 5.52 Å². The first-order chi connectivity index (χ1) is 11.6. The molecule has 0 saturated heterocycles. The van der Waals surface area contributed by atoms with E-state index in [1.54, 1.807) is 0 Å². The molecule has 0 atom stereocenters. The number of fused-ring (bicyclic) bond motifs is 6. The molecule has 0 N–H and O–H groups in total. The zero-order chi connectivity index (χ0) is 16.8. The summed E-state index contributed by atoms with van der Waals surface area (Å²) in [7, 11) is 0. The molecule has 24 heavy (non-hydrogen) atoms. The van der Waals surface area contributed by atoms with Crippen LogP contribution in [0.5, 0.6) is 0 Å². The second-order valence-corrected chi connectivity index (χ2v) is 7.10. The molecule has 2 heteroatoms. The van der Waals surface area contributed by atoms with Crippen LogP contribution >= 0.6 is 0 Å². The third-order valence-corrected chi connectivity index (χ3v) is 4.90. The molecule has 0 aliphatic rings. The Bertz CT molecular complexity index is 975. The van der Waals surface area contributed by atoms with Crippen molar-refractivity contribution in [2.45, 2.75) is 39.7 Å². The molecule has 120 valence electrons. The third kappa shape index (κ3) is 2.10. The number of hydrogen-bond acceptors (Lipinski definition) is 1. The van der Waals surface area contributed by atoms with Gasteiger partial charge in [0.2, 0.25) is 5.52 Å². The van der Waals surface area contributed by atoms with Gasteiger partial charge in [-0.2, -0.15) is 4.57 Å². The highest BCUT2D eigenvalue weighted by molar-refractivity contribution is 6.23. The first-order valence-corrected chi connectivity index (χ1v) is 8.72. The second kappa shape index (κ2) is 5.55. The van der Waals surface area contributed by atoms with Crippen LogP contribution in [0.2, 0.25) is 0 Å². The number of hydrogen-bond donors (Lipinski definition) is 0. The lowest BCUT2D eigenvalue weighted by molar-refractivity contribution is -0.691.